The molecule has 0 aliphatic carbocycles. The molecule has 7 heteroatoms. The number of nitrogens with one attached hydrogen (secondary N) is 2. The SMILES string of the molecule is CN=C(NCCCOc1ccccc1)NCc1csc(N(C)C)n1. The van der Waals surface area contributed by atoms with Gasteiger partial charge in [0.1, 0.15) is 5.75 Å². The first-order chi connectivity index (χ1) is 11.7. The number of guanidine groups is 1. The number of aliphatic imine (C=N–C) groups is 1. The molecule has 0 radical (unpaired) electrons. The number of nitrogens with zero attached hydrogens (tertiary/aromatic N) is 3. The topological polar surface area (TPSA) is 61.8 Å². The third-order valence-corrected chi connectivity index (χ3v) is 4.27. The Morgan fingerprint density at radius 3 is 2.71 bits per heavy atom. The van der Waals surface area contributed by atoms with Crippen LogP contribution in [0.5, 0.6) is 5.75 Å². The predicted molar refractivity (Wildman–Crippen MR) is 101 cm³/mol. The minimum absolute atomic E-state index is 0.657. The molecule has 0 amide bonds. The molecule has 0 unspecified atom stereocenters. The molecule has 1 aromatic carbocycles. The van der Waals surface area contributed by atoms with Gasteiger partial charge >= 0.3 is 0 Å². The van der Waals surface area contributed by atoms with Gasteiger partial charge in [-0.3, -0.25) is 4.99 Å². The summed E-state index contributed by atoms with van der Waals surface area (Å²) in [5.74, 6) is 1.68. The molecule has 130 valence electrons. The van der Waals surface area contributed by atoms with Crippen LogP contribution < -0.4 is 20.3 Å². The fourth-order valence-corrected chi connectivity index (χ4v) is 2.72. The average Bonchev–Trinajstić information content (AvgIpc) is 3.07. The van der Waals surface area contributed by atoms with Crippen molar-refractivity contribution in [2.24, 2.45) is 4.99 Å². The van der Waals surface area contributed by atoms with Crippen LogP contribution in [0, 0.1) is 0 Å². The lowest BCUT2D eigenvalue weighted by Crippen LogP contribution is -2.37. The normalized spacial score (nSPS) is 11.2. The molecule has 0 fully saturated rings. The van der Waals surface area contributed by atoms with Crippen LogP contribution in [0.4, 0.5) is 5.13 Å². The fourth-order valence-electron chi connectivity index (χ4n) is 1.96. The van der Waals surface area contributed by atoms with Gasteiger partial charge in [-0.2, -0.15) is 0 Å². The van der Waals surface area contributed by atoms with Crippen LogP contribution in [0.3, 0.4) is 0 Å². The molecule has 0 atom stereocenters. The lowest BCUT2D eigenvalue weighted by atomic mass is 10.3. The number of benzene rings is 1. The number of hydrogen-bond donors (Lipinski definition) is 2. The summed E-state index contributed by atoms with van der Waals surface area (Å²) in [6, 6.07) is 9.85. The van der Waals surface area contributed by atoms with Crippen molar-refractivity contribution in [2.75, 3.05) is 39.2 Å². The van der Waals surface area contributed by atoms with Crippen LogP contribution in [-0.2, 0) is 6.54 Å². The first kappa shape index (κ1) is 18.1. The Morgan fingerprint density at radius 2 is 2.04 bits per heavy atom. The maximum atomic E-state index is 5.66. The minimum atomic E-state index is 0.657. The highest BCUT2D eigenvalue weighted by Crippen LogP contribution is 2.17. The number of anilines is 1. The summed E-state index contributed by atoms with van der Waals surface area (Å²) in [6.07, 6.45) is 0.900. The molecule has 24 heavy (non-hydrogen) atoms. The monoisotopic (exact) mass is 347 g/mol. The zero-order valence-corrected chi connectivity index (χ0v) is 15.3. The second-order valence-corrected chi connectivity index (χ2v) is 6.22. The molecule has 2 aromatic rings. The van der Waals surface area contributed by atoms with E-state index in [1.54, 1.807) is 18.4 Å². The van der Waals surface area contributed by atoms with Crippen molar-refractivity contribution in [1.82, 2.24) is 15.6 Å². The van der Waals surface area contributed by atoms with Crippen molar-refractivity contribution in [3.8, 4) is 5.75 Å². The summed E-state index contributed by atoms with van der Waals surface area (Å²) in [5.41, 5.74) is 1.01. The predicted octanol–water partition coefficient (Wildman–Crippen LogP) is 2.34. The van der Waals surface area contributed by atoms with Gasteiger partial charge in [0.05, 0.1) is 18.8 Å². The minimum Gasteiger partial charge on any atom is -0.494 e. The molecule has 0 saturated carbocycles. The van der Waals surface area contributed by atoms with E-state index in [1.807, 2.05) is 49.3 Å². The first-order valence-electron chi connectivity index (χ1n) is 7.93. The van der Waals surface area contributed by atoms with Gasteiger partial charge in [-0.05, 0) is 18.6 Å². The van der Waals surface area contributed by atoms with Crippen molar-refractivity contribution in [3.05, 3.63) is 41.4 Å². The Balaban J connectivity index is 1.63. The average molecular weight is 347 g/mol. The maximum Gasteiger partial charge on any atom is 0.191 e. The van der Waals surface area contributed by atoms with Gasteiger partial charge in [-0.15, -0.1) is 11.3 Å². The largest absolute Gasteiger partial charge is 0.494 e. The fraction of sp³-hybridized carbons (Fsp3) is 0.412. The van der Waals surface area contributed by atoms with Crippen LogP contribution in [0.15, 0.2) is 40.7 Å². The zero-order valence-electron chi connectivity index (χ0n) is 14.5. The van der Waals surface area contributed by atoms with E-state index in [0.717, 1.165) is 35.5 Å². The number of hydrogen-bond acceptors (Lipinski definition) is 5. The highest BCUT2D eigenvalue weighted by Gasteiger charge is 2.04. The Kier molecular flexibility index (Phi) is 7.35. The molecular formula is C17H25N5OS. The lowest BCUT2D eigenvalue weighted by Gasteiger charge is -2.11. The summed E-state index contributed by atoms with van der Waals surface area (Å²) in [4.78, 5) is 10.8. The Bertz CT molecular complexity index is 627. The van der Waals surface area contributed by atoms with Crippen molar-refractivity contribution >= 4 is 22.4 Å². The maximum absolute atomic E-state index is 5.66. The van der Waals surface area contributed by atoms with Crippen LogP contribution in [-0.4, -0.2) is 45.2 Å². The highest BCUT2D eigenvalue weighted by atomic mass is 32.1. The van der Waals surface area contributed by atoms with Crippen molar-refractivity contribution in [2.45, 2.75) is 13.0 Å². The third kappa shape index (κ3) is 6.08. The Morgan fingerprint density at radius 1 is 1.25 bits per heavy atom. The van der Waals surface area contributed by atoms with Crippen molar-refractivity contribution in [3.63, 3.8) is 0 Å². The molecule has 0 saturated heterocycles. The van der Waals surface area contributed by atoms with Crippen LogP contribution >= 0.6 is 11.3 Å². The summed E-state index contributed by atoms with van der Waals surface area (Å²) in [7, 11) is 5.75. The molecule has 0 aliphatic heterocycles. The molecule has 0 aliphatic rings. The van der Waals surface area contributed by atoms with Gasteiger partial charge in [-0.25, -0.2) is 4.98 Å². The van der Waals surface area contributed by atoms with E-state index >= 15 is 0 Å². The Labute approximate surface area is 147 Å². The molecule has 6 nitrogen and oxygen atoms in total. The number of para-hydroxylation sites is 1. The molecule has 1 heterocycles. The summed E-state index contributed by atoms with van der Waals surface area (Å²) >= 11 is 1.64. The summed E-state index contributed by atoms with van der Waals surface area (Å²) in [6.45, 7) is 2.13. The first-order valence-corrected chi connectivity index (χ1v) is 8.81. The van der Waals surface area contributed by atoms with Crippen molar-refractivity contribution in [1.29, 1.82) is 0 Å². The molecule has 1 aromatic heterocycles. The van der Waals surface area contributed by atoms with E-state index in [4.69, 9.17) is 4.74 Å². The van der Waals surface area contributed by atoms with Crippen LogP contribution in [0.1, 0.15) is 12.1 Å². The van der Waals surface area contributed by atoms with Gasteiger partial charge in [0.15, 0.2) is 11.1 Å². The van der Waals surface area contributed by atoms with Gasteiger partial charge in [-0.1, -0.05) is 18.2 Å². The smallest absolute Gasteiger partial charge is 0.191 e. The van der Waals surface area contributed by atoms with E-state index < -0.39 is 0 Å². The van der Waals surface area contributed by atoms with Crippen LogP contribution in [0.25, 0.3) is 0 Å². The second-order valence-electron chi connectivity index (χ2n) is 5.38. The van der Waals surface area contributed by atoms with E-state index in [0.29, 0.717) is 13.2 Å². The van der Waals surface area contributed by atoms with Crippen molar-refractivity contribution < 1.29 is 4.74 Å². The molecular weight excluding hydrogens is 322 g/mol. The molecule has 2 rings (SSSR count). The van der Waals surface area contributed by atoms with E-state index in [1.165, 1.54) is 0 Å². The zero-order chi connectivity index (χ0) is 17.2. The number of ether oxygens (including phenoxy) is 1. The quantitative estimate of drug-likeness (QED) is 0.436. The van der Waals surface area contributed by atoms with Crippen LogP contribution in [0.2, 0.25) is 0 Å². The van der Waals surface area contributed by atoms with Gasteiger partial charge in [0, 0.05) is 33.1 Å². The lowest BCUT2D eigenvalue weighted by molar-refractivity contribution is 0.311. The van der Waals surface area contributed by atoms with Gasteiger partial charge < -0.3 is 20.3 Å². The second kappa shape index (κ2) is 9.77. The third-order valence-electron chi connectivity index (χ3n) is 3.21. The summed E-state index contributed by atoms with van der Waals surface area (Å²) < 4.78 is 5.66. The van der Waals surface area contributed by atoms with Gasteiger partial charge in [0.25, 0.3) is 0 Å². The highest BCUT2D eigenvalue weighted by molar-refractivity contribution is 7.13. The Hall–Kier alpha value is -2.28. The van der Waals surface area contributed by atoms with E-state index in [9.17, 15) is 0 Å². The van der Waals surface area contributed by atoms with E-state index in [-0.39, 0.29) is 0 Å². The number of thiazole rings is 1. The number of rotatable bonds is 8. The standard InChI is InChI=1S/C17H25N5OS/c1-18-16(20-12-14-13-24-17(21-14)22(2)3)19-10-7-11-23-15-8-5-4-6-9-15/h4-6,8-9,13H,7,10-12H2,1-3H3,(H2,18,19,20). The number of aromatic nitrogens is 1. The molecule has 2 N–H and O–H groups in total. The van der Waals surface area contributed by atoms with Gasteiger partial charge in [0.2, 0.25) is 0 Å². The van der Waals surface area contributed by atoms with E-state index in [2.05, 4.69) is 26.0 Å². The summed E-state index contributed by atoms with van der Waals surface area (Å²) in [5, 5.41) is 9.62. The molecule has 0 bridgehead atoms. The molecule has 0 spiro atoms.